The third kappa shape index (κ3) is 5.12. The standard InChI is InChI=1S/C27H33ClF2N4O5/c1-17(2)20-5-8-31-34(20)27(22(35)32-19-4-3-18(28)11-21(19)39-24(29)30)6-9-33(10-7-27)14-26(23(36)37)12-25(13-26)15-38-16-25/h3-5,8,11,17,24H,6-7,9-10,12-16H2,1-2H3,(H,32,35)(H,36,37). The minimum Gasteiger partial charge on any atom is -0.481 e. The molecule has 1 aliphatic carbocycles. The van der Waals surface area contributed by atoms with Crippen LogP contribution in [0, 0.1) is 10.8 Å². The number of aromatic nitrogens is 2. The Kier molecular flexibility index (Phi) is 7.36. The van der Waals surface area contributed by atoms with Crippen molar-refractivity contribution in [3.8, 4) is 5.75 Å². The second-order valence-corrected chi connectivity index (χ2v) is 12.0. The number of halogens is 3. The van der Waals surface area contributed by atoms with Gasteiger partial charge in [0, 0.05) is 48.0 Å². The molecule has 12 heteroatoms. The molecular formula is C27H33ClF2N4O5. The summed E-state index contributed by atoms with van der Waals surface area (Å²) in [6.07, 6.45) is 3.57. The number of amides is 1. The number of carboxylic acids is 1. The second-order valence-electron chi connectivity index (χ2n) is 11.5. The molecule has 212 valence electrons. The average molecular weight is 567 g/mol. The van der Waals surface area contributed by atoms with Crippen molar-refractivity contribution >= 4 is 29.2 Å². The molecule has 2 aliphatic heterocycles. The van der Waals surface area contributed by atoms with Crippen LogP contribution in [0.15, 0.2) is 30.5 Å². The van der Waals surface area contributed by atoms with E-state index in [1.165, 1.54) is 18.2 Å². The number of nitrogens with one attached hydrogen (secondary N) is 1. The van der Waals surface area contributed by atoms with E-state index in [2.05, 4.69) is 20.1 Å². The number of aliphatic carboxylic acids is 1. The van der Waals surface area contributed by atoms with Gasteiger partial charge in [0.05, 0.1) is 24.3 Å². The zero-order valence-corrected chi connectivity index (χ0v) is 22.7. The first-order valence-electron chi connectivity index (χ1n) is 13.1. The maximum atomic E-state index is 14.0. The molecule has 2 N–H and O–H groups in total. The van der Waals surface area contributed by atoms with Gasteiger partial charge in [-0.3, -0.25) is 14.3 Å². The Morgan fingerprint density at radius 3 is 2.46 bits per heavy atom. The number of carboxylic acid groups (broad SMARTS) is 1. The predicted octanol–water partition coefficient (Wildman–Crippen LogP) is 4.57. The minimum atomic E-state index is -3.09. The summed E-state index contributed by atoms with van der Waals surface area (Å²) in [5, 5.41) is 17.6. The molecular weight excluding hydrogens is 534 g/mol. The van der Waals surface area contributed by atoms with Crippen LogP contribution in [0.2, 0.25) is 5.02 Å². The molecule has 39 heavy (non-hydrogen) atoms. The monoisotopic (exact) mass is 566 g/mol. The van der Waals surface area contributed by atoms with Crippen molar-refractivity contribution in [1.82, 2.24) is 14.7 Å². The Bertz CT molecular complexity index is 1230. The van der Waals surface area contributed by atoms with Crippen LogP contribution in [0.4, 0.5) is 14.5 Å². The minimum absolute atomic E-state index is 0.00433. The van der Waals surface area contributed by atoms with Crippen LogP contribution in [-0.4, -0.2) is 71.1 Å². The highest BCUT2D eigenvalue weighted by molar-refractivity contribution is 6.30. The van der Waals surface area contributed by atoms with Gasteiger partial charge in [-0.05, 0) is 49.8 Å². The van der Waals surface area contributed by atoms with Crippen molar-refractivity contribution in [1.29, 1.82) is 0 Å². The maximum absolute atomic E-state index is 14.0. The van der Waals surface area contributed by atoms with Gasteiger partial charge in [0.15, 0.2) is 5.75 Å². The largest absolute Gasteiger partial charge is 0.481 e. The number of carbonyl (C=O) groups is 2. The van der Waals surface area contributed by atoms with Crippen LogP contribution in [0.1, 0.15) is 51.1 Å². The Morgan fingerprint density at radius 1 is 1.21 bits per heavy atom. The highest BCUT2D eigenvalue weighted by atomic mass is 35.5. The lowest BCUT2D eigenvalue weighted by atomic mass is 9.51. The fraction of sp³-hybridized carbons (Fsp3) is 0.593. The van der Waals surface area contributed by atoms with E-state index < -0.39 is 29.4 Å². The van der Waals surface area contributed by atoms with Crippen molar-refractivity contribution in [3.63, 3.8) is 0 Å². The maximum Gasteiger partial charge on any atom is 0.387 e. The van der Waals surface area contributed by atoms with Crippen LogP contribution in [-0.2, 0) is 19.9 Å². The first-order chi connectivity index (χ1) is 18.5. The zero-order chi connectivity index (χ0) is 28.0. The number of piperidine rings is 1. The molecule has 1 spiro atoms. The van der Waals surface area contributed by atoms with Gasteiger partial charge in [-0.25, -0.2) is 0 Å². The van der Waals surface area contributed by atoms with E-state index in [-0.39, 0.29) is 27.8 Å². The van der Waals surface area contributed by atoms with Crippen molar-refractivity contribution < 1.29 is 33.0 Å². The van der Waals surface area contributed by atoms with Gasteiger partial charge in [-0.1, -0.05) is 25.4 Å². The summed E-state index contributed by atoms with van der Waals surface area (Å²) < 4.78 is 37.8. The van der Waals surface area contributed by atoms with Crippen LogP contribution in [0.3, 0.4) is 0 Å². The van der Waals surface area contributed by atoms with Gasteiger partial charge in [0.2, 0.25) is 0 Å². The lowest BCUT2D eigenvalue weighted by Gasteiger charge is -2.59. The number of nitrogens with zero attached hydrogens (tertiary/aromatic N) is 3. The molecule has 1 aromatic heterocycles. The molecule has 2 saturated heterocycles. The number of carbonyl (C=O) groups excluding carboxylic acids is 1. The molecule has 3 aliphatic rings. The van der Waals surface area contributed by atoms with Gasteiger partial charge in [0.1, 0.15) is 5.54 Å². The van der Waals surface area contributed by atoms with E-state index in [0.717, 1.165) is 5.69 Å². The molecule has 0 unspecified atom stereocenters. The Labute approximate surface area is 230 Å². The number of rotatable bonds is 9. The van der Waals surface area contributed by atoms with E-state index in [1.54, 1.807) is 10.9 Å². The molecule has 1 saturated carbocycles. The van der Waals surface area contributed by atoms with Crippen molar-refractivity contribution in [3.05, 3.63) is 41.2 Å². The molecule has 3 fully saturated rings. The number of anilines is 1. The molecule has 0 radical (unpaired) electrons. The first-order valence-corrected chi connectivity index (χ1v) is 13.5. The van der Waals surface area contributed by atoms with E-state index in [0.29, 0.717) is 58.5 Å². The predicted molar refractivity (Wildman–Crippen MR) is 139 cm³/mol. The molecule has 2 aromatic rings. The van der Waals surface area contributed by atoms with E-state index in [1.807, 2.05) is 19.9 Å². The summed E-state index contributed by atoms with van der Waals surface area (Å²) in [6.45, 7) is 3.52. The van der Waals surface area contributed by atoms with Gasteiger partial charge in [0.25, 0.3) is 5.91 Å². The number of alkyl halides is 2. The fourth-order valence-corrected chi connectivity index (χ4v) is 6.66. The number of benzene rings is 1. The molecule has 3 heterocycles. The van der Waals surface area contributed by atoms with Crippen LogP contribution in [0.25, 0.3) is 0 Å². The summed E-state index contributed by atoms with van der Waals surface area (Å²) in [6, 6.07) is 6.02. The molecule has 0 atom stereocenters. The highest BCUT2D eigenvalue weighted by Crippen LogP contribution is 2.59. The normalized spacial score (nSPS) is 21.4. The Balaban J connectivity index is 1.39. The summed E-state index contributed by atoms with van der Waals surface area (Å²) in [7, 11) is 0. The third-order valence-electron chi connectivity index (χ3n) is 8.41. The number of hydrogen-bond donors (Lipinski definition) is 2. The Morgan fingerprint density at radius 2 is 1.90 bits per heavy atom. The molecule has 1 amide bonds. The van der Waals surface area contributed by atoms with Crippen LogP contribution < -0.4 is 10.1 Å². The number of hydrogen-bond acceptors (Lipinski definition) is 6. The van der Waals surface area contributed by atoms with Gasteiger partial charge >= 0.3 is 12.6 Å². The lowest BCUT2D eigenvalue weighted by Crippen LogP contribution is -2.64. The second kappa shape index (κ2) is 10.3. The zero-order valence-electron chi connectivity index (χ0n) is 22.0. The van der Waals surface area contributed by atoms with Gasteiger partial charge in [-0.15, -0.1) is 0 Å². The van der Waals surface area contributed by atoms with Crippen molar-refractivity contribution in [2.45, 2.75) is 57.6 Å². The topological polar surface area (TPSA) is 106 Å². The van der Waals surface area contributed by atoms with Crippen molar-refractivity contribution in [2.24, 2.45) is 10.8 Å². The summed E-state index contributed by atoms with van der Waals surface area (Å²) >= 11 is 5.98. The number of likely N-dealkylation sites (tertiary alicyclic amines) is 1. The lowest BCUT2D eigenvalue weighted by molar-refractivity contribution is -0.224. The first kappa shape index (κ1) is 27.8. The van der Waals surface area contributed by atoms with Gasteiger partial charge < -0.3 is 24.8 Å². The van der Waals surface area contributed by atoms with E-state index in [4.69, 9.17) is 16.3 Å². The average Bonchev–Trinajstić information content (AvgIpc) is 3.32. The van der Waals surface area contributed by atoms with E-state index >= 15 is 0 Å². The van der Waals surface area contributed by atoms with Crippen LogP contribution >= 0.6 is 11.6 Å². The van der Waals surface area contributed by atoms with E-state index in [9.17, 15) is 23.5 Å². The summed E-state index contributed by atoms with van der Waals surface area (Å²) in [4.78, 5) is 28.4. The third-order valence-corrected chi connectivity index (χ3v) is 8.64. The van der Waals surface area contributed by atoms with Gasteiger partial charge in [-0.2, -0.15) is 13.9 Å². The molecule has 5 rings (SSSR count). The van der Waals surface area contributed by atoms with Crippen LogP contribution in [0.5, 0.6) is 5.75 Å². The Hall–Kier alpha value is -2.76. The summed E-state index contributed by atoms with van der Waals surface area (Å²) in [5.41, 5.74) is -0.981. The molecule has 1 aromatic carbocycles. The molecule has 0 bridgehead atoms. The number of ether oxygens (including phenoxy) is 2. The SMILES string of the molecule is CC(C)c1ccnn1C1(C(=O)Nc2ccc(Cl)cc2OC(F)F)CCN(CC2(C(=O)O)CC3(COC3)C2)CC1. The molecule has 9 nitrogen and oxygen atoms in total. The quantitative estimate of drug-likeness (QED) is 0.458. The summed E-state index contributed by atoms with van der Waals surface area (Å²) in [5.74, 6) is -1.35. The smallest absolute Gasteiger partial charge is 0.387 e. The van der Waals surface area contributed by atoms with Crippen molar-refractivity contribution in [2.75, 3.05) is 38.2 Å². The fourth-order valence-electron chi connectivity index (χ4n) is 6.49. The highest BCUT2D eigenvalue weighted by Gasteiger charge is 2.63.